The van der Waals surface area contributed by atoms with Gasteiger partial charge in [0.15, 0.2) is 0 Å². The number of hydrogen-bond acceptors (Lipinski definition) is 2. The predicted octanol–water partition coefficient (Wildman–Crippen LogP) is 19.9. The van der Waals surface area contributed by atoms with Crippen molar-refractivity contribution in [3.05, 3.63) is 188 Å². The summed E-state index contributed by atoms with van der Waals surface area (Å²) in [6.07, 6.45) is -16.3. The molecule has 0 aliphatic heterocycles. The number of para-hydroxylation sites is 1. The molecule has 0 aliphatic carbocycles. The van der Waals surface area contributed by atoms with Crippen molar-refractivity contribution in [3.8, 4) is 89.4 Å². The maximum atomic E-state index is 17.3. The molecule has 0 aliphatic rings. The molecule has 0 unspecified atom stereocenters. The Hall–Kier alpha value is -6.03. The number of alkyl halides is 9. The van der Waals surface area contributed by atoms with E-state index in [0.717, 1.165) is 72.8 Å². The molecule has 8 rings (SSSR count). The van der Waals surface area contributed by atoms with Crippen LogP contribution in [0, 0.1) is 17.5 Å². The maximum absolute atomic E-state index is 17.3. The lowest BCUT2D eigenvalue weighted by Gasteiger charge is -2.27. The van der Waals surface area contributed by atoms with Crippen LogP contribution in [0.5, 0.6) is 11.5 Å². The van der Waals surface area contributed by atoms with Crippen LogP contribution >= 0.6 is 58.0 Å². The summed E-state index contributed by atoms with van der Waals surface area (Å²) in [6, 6.07) is 23.8. The summed E-state index contributed by atoms with van der Waals surface area (Å²) in [5.41, 5.74) is -8.26. The van der Waals surface area contributed by atoms with E-state index in [1.54, 1.807) is 12.1 Å². The summed E-state index contributed by atoms with van der Waals surface area (Å²) in [6.45, 7) is 0. The van der Waals surface area contributed by atoms with Gasteiger partial charge in [-0.2, -0.15) is 13.2 Å². The van der Waals surface area contributed by atoms with E-state index >= 15 is 26.3 Å². The van der Waals surface area contributed by atoms with Crippen LogP contribution in [0.25, 0.3) is 77.9 Å². The zero-order chi connectivity index (χ0) is 50.6. The molecule has 0 radical (unpaired) electrons. The summed E-state index contributed by atoms with van der Waals surface area (Å²) in [4.78, 5) is 0. The number of hydrogen-bond donors (Lipinski definition) is 0. The maximum Gasteiger partial charge on any atom is 0.573 e. The molecule has 8 aromatic carbocycles. The summed E-state index contributed by atoms with van der Waals surface area (Å²) in [7, 11) is 0. The van der Waals surface area contributed by atoms with E-state index in [4.69, 9.17) is 58.0 Å². The van der Waals surface area contributed by atoms with Gasteiger partial charge in [0.05, 0.1) is 20.6 Å². The summed E-state index contributed by atoms with van der Waals surface area (Å²) >= 11 is 33.2. The lowest BCUT2D eigenvalue weighted by Crippen LogP contribution is -2.18. The molecule has 0 saturated heterocycles. The molecule has 0 saturated carbocycles. The van der Waals surface area contributed by atoms with Gasteiger partial charge in [-0.3, -0.25) is 0 Å². The molecule has 358 valence electrons. The highest BCUT2D eigenvalue weighted by Gasteiger charge is 2.41. The molecule has 8 aromatic rings. The molecule has 0 spiro atoms. The molecule has 0 bridgehead atoms. The Kier molecular flexibility index (Phi) is 13.9. The Morgan fingerprint density at radius 1 is 0.371 bits per heavy atom. The van der Waals surface area contributed by atoms with Gasteiger partial charge in [0.1, 0.15) is 29.0 Å². The Morgan fingerprint density at radius 3 is 1.59 bits per heavy atom. The van der Waals surface area contributed by atoms with Gasteiger partial charge in [-0.25, -0.2) is 13.2 Å². The number of halogens is 17. The van der Waals surface area contributed by atoms with Gasteiger partial charge in [0.2, 0.25) is 0 Å². The zero-order valence-corrected chi connectivity index (χ0v) is 38.3. The van der Waals surface area contributed by atoms with Crippen LogP contribution < -0.4 is 9.47 Å². The molecular formula is C51H23Cl5F12O2. The first kappa shape index (κ1) is 50.4. The molecule has 0 aromatic heterocycles. The molecular weight excluding hydrogens is 1050 g/mol. The fourth-order valence-corrected chi connectivity index (χ4v) is 9.26. The molecule has 0 N–H and O–H groups in total. The third-order valence-corrected chi connectivity index (χ3v) is 12.3. The fraction of sp³-hybridized carbons (Fsp3) is 0.0588. The normalized spacial score (nSPS) is 12.1. The highest BCUT2D eigenvalue weighted by Crippen LogP contribution is 2.57. The monoisotopic (exact) mass is 1070 g/mol. The van der Waals surface area contributed by atoms with Gasteiger partial charge >= 0.3 is 18.9 Å². The summed E-state index contributed by atoms with van der Waals surface area (Å²) < 4.78 is 189. The standard InChI is InChI=1S/C51H23Cl5F12O2/c52-26-13-9-24(10-14-26)42-35(19-27(53)20-38(42)55)45-32(17-18-37(54)48(45)56)44-33(21-28(57)22-40(44)59)34-23-36(49(60,61)62)46(30-5-1-3-7-39(30)58)47(31-6-2-4-8-41(31)70-51(66,67)68)43(34)25-11-15-29(16-12-25)69-50(63,64)65/h1-23H. The Bertz CT molecular complexity index is 3320. The molecule has 0 amide bonds. The quantitative estimate of drug-likeness (QED) is 0.134. The Labute approximate surface area is 414 Å². The van der Waals surface area contributed by atoms with E-state index in [-0.39, 0.29) is 47.9 Å². The third-order valence-electron chi connectivity index (χ3n) is 10.7. The van der Waals surface area contributed by atoms with Crippen molar-refractivity contribution >= 4 is 58.0 Å². The van der Waals surface area contributed by atoms with Crippen molar-refractivity contribution < 1.29 is 62.2 Å². The number of rotatable bonds is 9. The predicted molar refractivity (Wildman–Crippen MR) is 248 cm³/mol. The van der Waals surface area contributed by atoms with Crippen molar-refractivity contribution in [1.82, 2.24) is 0 Å². The van der Waals surface area contributed by atoms with Crippen LogP contribution in [0.15, 0.2) is 140 Å². The average Bonchev–Trinajstić information content (AvgIpc) is 3.26. The van der Waals surface area contributed by atoms with Crippen molar-refractivity contribution in [2.24, 2.45) is 0 Å². The minimum atomic E-state index is -5.55. The van der Waals surface area contributed by atoms with Gasteiger partial charge in [0.25, 0.3) is 0 Å². The molecule has 2 nitrogen and oxygen atoms in total. The summed E-state index contributed by atoms with van der Waals surface area (Å²) in [5.74, 6) is -6.10. The van der Waals surface area contributed by atoms with E-state index in [2.05, 4.69) is 9.47 Å². The van der Waals surface area contributed by atoms with Crippen LogP contribution in [0.4, 0.5) is 52.7 Å². The zero-order valence-electron chi connectivity index (χ0n) is 34.5. The van der Waals surface area contributed by atoms with Crippen LogP contribution in [0.1, 0.15) is 5.56 Å². The van der Waals surface area contributed by atoms with E-state index in [9.17, 15) is 26.3 Å². The lowest BCUT2D eigenvalue weighted by molar-refractivity contribution is -0.275. The Morgan fingerprint density at radius 2 is 0.957 bits per heavy atom. The minimum Gasteiger partial charge on any atom is -0.406 e. The molecule has 70 heavy (non-hydrogen) atoms. The lowest BCUT2D eigenvalue weighted by atomic mass is 9.78. The highest BCUT2D eigenvalue weighted by atomic mass is 35.5. The first-order valence-corrected chi connectivity index (χ1v) is 21.8. The molecule has 0 heterocycles. The molecule has 0 atom stereocenters. The van der Waals surface area contributed by atoms with E-state index < -0.39 is 97.9 Å². The van der Waals surface area contributed by atoms with E-state index in [1.165, 1.54) is 36.4 Å². The van der Waals surface area contributed by atoms with Crippen molar-refractivity contribution in [2.45, 2.75) is 18.9 Å². The van der Waals surface area contributed by atoms with Crippen LogP contribution in [0.2, 0.25) is 25.1 Å². The van der Waals surface area contributed by atoms with Crippen LogP contribution in [-0.2, 0) is 6.18 Å². The first-order chi connectivity index (χ1) is 32.9. The van der Waals surface area contributed by atoms with Crippen LogP contribution in [0.3, 0.4) is 0 Å². The first-order valence-electron chi connectivity index (χ1n) is 19.9. The third kappa shape index (κ3) is 10.4. The second-order valence-electron chi connectivity index (χ2n) is 15.1. The van der Waals surface area contributed by atoms with Gasteiger partial charge in [-0.05, 0) is 106 Å². The second-order valence-corrected chi connectivity index (χ2v) is 17.2. The SMILES string of the molecule is Fc1cc(F)c(-c2ccc(Cl)c(Cl)c2-c2cc(Cl)cc(Cl)c2-c2ccc(Cl)cc2)c(-c2cc(C(F)(F)F)c(-c3ccccc3F)c(-c3ccccc3OC(F)(F)F)c2-c2ccc(OC(F)(F)F)cc2)c1. The molecule has 19 heteroatoms. The number of ether oxygens (including phenoxy) is 2. The minimum absolute atomic E-state index is 0.00248. The summed E-state index contributed by atoms with van der Waals surface area (Å²) in [5, 5.41) is -0.119. The topological polar surface area (TPSA) is 18.5 Å². The number of benzene rings is 8. The van der Waals surface area contributed by atoms with Gasteiger partial charge < -0.3 is 9.47 Å². The van der Waals surface area contributed by atoms with E-state index in [0.29, 0.717) is 28.8 Å². The average molecular weight is 1070 g/mol. The fourth-order valence-electron chi connectivity index (χ4n) is 8.10. The highest BCUT2D eigenvalue weighted by molar-refractivity contribution is 6.45. The largest absolute Gasteiger partial charge is 0.573 e. The molecule has 0 fully saturated rings. The van der Waals surface area contributed by atoms with Gasteiger partial charge in [0, 0.05) is 55.1 Å². The van der Waals surface area contributed by atoms with Gasteiger partial charge in [-0.1, -0.05) is 125 Å². The second kappa shape index (κ2) is 19.3. The van der Waals surface area contributed by atoms with Crippen molar-refractivity contribution in [1.29, 1.82) is 0 Å². The van der Waals surface area contributed by atoms with Crippen molar-refractivity contribution in [2.75, 3.05) is 0 Å². The van der Waals surface area contributed by atoms with E-state index in [1.807, 2.05) is 0 Å². The van der Waals surface area contributed by atoms with Crippen LogP contribution in [-0.4, -0.2) is 12.7 Å². The van der Waals surface area contributed by atoms with Gasteiger partial charge in [-0.15, -0.1) is 26.3 Å². The van der Waals surface area contributed by atoms with Crippen molar-refractivity contribution in [3.63, 3.8) is 0 Å². The smallest absolute Gasteiger partial charge is 0.406 e. The Balaban J connectivity index is 1.60.